The third kappa shape index (κ3) is 3.03. The van der Waals surface area contributed by atoms with Gasteiger partial charge in [0.15, 0.2) is 0 Å². The first-order chi connectivity index (χ1) is 8.60. The number of pyridine rings is 1. The molecule has 2 rings (SSSR count). The minimum absolute atomic E-state index is 0.387. The molecule has 18 heavy (non-hydrogen) atoms. The molecule has 0 aliphatic carbocycles. The van der Waals surface area contributed by atoms with Gasteiger partial charge in [-0.3, -0.25) is 4.98 Å². The predicted molar refractivity (Wildman–Crippen MR) is 77.5 cm³/mol. The van der Waals surface area contributed by atoms with Crippen LogP contribution in [0.4, 0.5) is 0 Å². The number of ether oxygens (including phenoxy) is 1. The zero-order valence-corrected chi connectivity index (χ0v) is 12.5. The molecule has 0 amide bonds. The van der Waals surface area contributed by atoms with E-state index in [-0.39, 0.29) is 0 Å². The second kappa shape index (κ2) is 5.72. The topological polar surface area (TPSA) is 22.1 Å². The van der Waals surface area contributed by atoms with Crippen molar-refractivity contribution < 1.29 is 4.74 Å². The van der Waals surface area contributed by atoms with Crippen LogP contribution in [0.5, 0.6) is 11.5 Å². The Morgan fingerprint density at radius 1 is 1.22 bits per heavy atom. The Morgan fingerprint density at radius 3 is 2.67 bits per heavy atom. The summed E-state index contributed by atoms with van der Waals surface area (Å²) < 4.78 is 6.96. The van der Waals surface area contributed by atoms with E-state index in [9.17, 15) is 0 Å². The molecule has 2 nitrogen and oxygen atoms in total. The fourth-order valence-corrected chi connectivity index (χ4v) is 2.28. The molecular weight excluding hydrogens is 314 g/mol. The van der Waals surface area contributed by atoms with Crippen molar-refractivity contribution in [3.8, 4) is 11.5 Å². The molecule has 94 valence electrons. The molecule has 0 N–H and O–H groups in total. The van der Waals surface area contributed by atoms with Gasteiger partial charge in [-0.25, -0.2) is 0 Å². The minimum atomic E-state index is 0.387. The lowest BCUT2D eigenvalue weighted by Gasteiger charge is -2.12. The summed E-state index contributed by atoms with van der Waals surface area (Å²) in [5.74, 6) is 1.98. The molecule has 1 aromatic carbocycles. The highest BCUT2D eigenvalue weighted by molar-refractivity contribution is 9.10. The summed E-state index contributed by atoms with van der Waals surface area (Å²) in [6, 6.07) is 7.81. The standard InChI is InChI=1S/C14H13BrClNO/c1-9-5-12(15)3-4-13(9)18-14-6-10(2)17-8-11(14)7-16/h3-6,8H,7H2,1-2H3. The molecule has 0 fully saturated rings. The second-order valence-corrected chi connectivity index (χ2v) is 5.26. The number of aryl methyl sites for hydroxylation is 2. The van der Waals surface area contributed by atoms with Gasteiger partial charge < -0.3 is 4.74 Å². The lowest BCUT2D eigenvalue weighted by Crippen LogP contribution is -1.94. The van der Waals surface area contributed by atoms with Crippen molar-refractivity contribution in [2.45, 2.75) is 19.7 Å². The van der Waals surface area contributed by atoms with Gasteiger partial charge in [0.1, 0.15) is 11.5 Å². The van der Waals surface area contributed by atoms with Crippen LogP contribution >= 0.6 is 27.5 Å². The SMILES string of the molecule is Cc1cc(Oc2ccc(Br)cc2C)c(CCl)cn1. The number of rotatable bonds is 3. The van der Waals surface area contributed by atoms with E-state index >= 15 is 0 Å². The van der Waals surface area contributed by atoms with Crippen LogP contribution in [0.2, 0.25) is 0 Å². The summed E-state index contributed by atoms with van der Waals surface area (Å²) >= 11 is 9.32. The van der Waals surface area contributed by atoms with Crippen molar-refractivity contribution in [2.24, 2.45) is 0 Å². The van der Waals surface area contributed by atoms with Gasteiger partial charge in [-0.2, -0.15) is 0 Å². The van der Waals surface area contributed by atoms with Crippen molar-refractivity contribution in [1.82, 2.24) is 4.98 Å². The van der Waals surface area contributed by atoms with E-state index in [1.54, 1.807) is 6.20 Å². The number of halogens is 2. The van der Waals surface area contributed by atoms with Crippen LogP contribution in [-0.4, -0.2) is 4.98 Å². The lowest BCUT2D eigenvalue weighted by molar-refractivity contribution is 0.473. The first kappa shape index (κ1) is 13.4. The third-order valence-electron chi connectivity index (χ3n) is 2.58. The van der Waals surface area contributed by atoms with E-state index in [4.69, 9.17) is 16.3 Å². The smallest absolute Gasteiger partial charge is 0.135 e. The molecule has 4 heteroatoms. The molecule has 0 saturated heterocycles. The first-order valence-electron chi connectivity index (χ1n) is 5.55. The van der Waals surface area contributed by atoms with Gasteiger partial charge >= 0.3 is 0 Å². The fourth-order valence-electron chi connectivity index (χ4n) is 1.60. The van der Waals surface area contributed by atoms with E-state index in [2.05, 4.69) is 20.9 Å². The fraction of sp³-hybridized carbons (Fsp3) is 0.214. The Hall–Kier alpha value is -1.06. The van der Waals surface area contributed by atoms with E-state index in [0.29, 0.717) is 5.88 Å². The van der Waals surface area contributed by atoms with Gasteiger partial charge in [-0.1, -0.05) is 15.9 Å². The van der Waals surface area contributed by atoms with Gasteiger partial charge in [0.25, 0.3) is 0 Å². The van der Waals surface area contributed by atoms with Gasteiger partial charge in [0.05, 0.1) is 5.88 Å². The molecule has 0 aliphatic rings. The molecule has 1 aromatic heterocycles. The van der Waals surface area contributed by atoms with Crippen molar-refractivity contribution >= 4 is 27.5 Å². The molecule has 0 aliphatic heterocycles. The van der Waals surface area contributed by atoms with Crippen molar-refractivity contribution in [2.75, 3.05) is 0 Å². The normalized spacial score (nSPS) is 10.4. The average molecular weight is 327 g/mol. The summed E-state index contributed by atoms with van der Waals surface area (Å²) in [6.07, 6.45) is 1.76. The molecule has 0 unspecified atom stereocenters. The van der Waals surface area contributed by atoms with Crippen LogP contribution in [0.15, 0.2) is 34.9 Å². The Balaban J connectivity index is 2.36. The Morgan fingerprint density at radius 2 is 2.00 bits per heavy atom. The van der Waals surface area contributed by atoms with E-state index in [1.807, 2.05) is 38.1 Å². The highest BCUT2D eigenvalue weighted by Crippen LogP contribution is 2.30. The molecule has 0 spiro atoms. The number of alkyl halides is 1. The quantitative estimate of drug-likeness (QED) is 0.741. The van der Waals surface area contributed by atoms with E-state index in [0.717, 1.165) is 32.8 Å². The van der Waals surface area contributed by atoms with Gasteiger partial charge in [0.2, 0.25) is 0 Å². The maximum Gasteiger partial charge on any atom is 0.135 e. The zero-order chi connectivity index (χ0) is 13.1. The lowest BCUT2D eigenvalue weighted by atomic mass is 10.2. The molecule has 0 radical (unpaired) electrons. The molecule has 0 saturated carbocycles. The van der Waals surface area contributed by atoms with Gasteiger partial charge in [-0.15, -0.1) is 11.6 Å². The Kier molecular flexibility index (Phi) is 4.25. The van der Waals surface area contributed by atoms with Crippen LogP contribution in [-0.2, 0) is 5.88 Å². The Labute approximate surface area is 120 Å². The molecule has 2 aromatic rings. The monoisotopic (exact) mass is 325 g/mol. The number of hydrogen-bond acceptors (Lipinski definition) is 2. The summed E-state index contributed by atoms with van der Waals surface area (Å²) in [4.78, 5) is 4.22. The Bertz CT molecular complexity index is 572. The summed E-state index contributed by atoms with van der Waals surface area (Å²) in [6.45, 7) is 3.94. The second-order valence-electron chi connectivity index (χ2n) is 4.08. The van der Waals surface area contributed by atoms with Crippen molar-refractivity contribution in [1.29, 1.82) is 0 Å². The summed E-state index contributed by atoms with van der Waals surface area (Å²) in [5, 5.41) is 0. The van der Waals surface area contributed by atoms with Crippen LogP contribution in [0, 0.1) is 13.8 Å². The molecular formula is C14H13BrClNO. The molecule has 0 bridgehead atoms. The predicted octanol–water partition coefficient (Wildman–Crippen LogP) is 4.99. The zero-order valence-electron chi connectivity index (χ0n) is 10.2. The summed E-state index contributed by atoms with van der Waals surface area (Å²) in [7, 11) is 0. The van der Waals surface area contributed by atoms with E-state index in [1.165, 1.54) is 0 Å². The number of aromatic nitrogens is 1. The molecule has 0 atom stereocenters. The first-order valence-corrected chi connectivity index (χ1v) is 6.88. The minimum Gasteiger partial charge on any atom is -0.457 e. The number of benzene rings is 1. The van der Waals surface area contributed by atoms with Crippen LogP contribution in [0.1, 0.15) is 16.8 Å². The molecule has 1 heterocycles. The number of nitrogens with zero attached hydrogens (tertiary/aromatic N) is 1. The van der Waals surface area contributed by atoms with Crippen LogP contribution in [0.25, 0.3) is 0 Å². The summed E-state index contributed by atoms with van der Waals surface area (Å²) in [5.41, 5.74) is 2.87. The highest BCUT2D eigenvalue weighted by atomic mass is 79.9. The van der Waals surface area contributed by atoms with Crippen LogP contribution in [0.3, 0.4) is 0 Å². The maximum atomic E-state index is 5.92. The third-order valence-corrected chi connectivity index (χ3v) is 3.36. The average Bonchev–Trinajstić information content (AvgIpc) is 2.33. The van der Waals surface area contributed by atoms with Crippen LogP contribution < -0.4 is 4.74 Å². The van der Waals surface area contributed by atoms with Crippen molar-refractivity contribution in [3.63, 3.8) is 0 Å². The maximum absolute atomic E-state index is 5.92. The highest BCUT2D eigenvalue weighted by Gasteiger charge is 2.07. The largest absolute Gasteiger partial charge is 0.457 e. The van der Waals surface area contributed by atoms with E-state index < -0.39 is 0 Å². The van der Waals surface area contributed by atoms with Crippen molar-refractivity contribution in [3.05, 3.63) is 51.8 Å². The van der Waals surface area contributed by atoms with Gasteiger partial charge in [0, 0.05) is 28.0 Å². The van der Waals surface area contributed by atoms with Gasteiger partial charge in [-0.05, 0) is 37.6 Å². The number of hydrogen-bond donors (Lipinski definition) is 0.